The molecule has 0 unspecified atom stereocenters. The summed E-state index contributed by atoms with van der Waals surface area (Å²) in [5.41, 5.74) is 3.87. The van der Waals surface area contributed by atoms with Gasteiger partial charge in [0, 0.05) is 37.8 Å². The van der Waals surface area contributed by atoms with Gasteiger partial charge in [-0.05, 0) is 68.6 Å². The van der Waals surface area contributed by atoms with Gasteiger partial charge in [-0.2, -0.15) is 0 Å². The van der Waals surface area contributed by atoms with Gasteiger partial charge in [-0.1, -0.05) is 42.0 Å². The standard InChI is InChI=1S/C32H36FN3O3/c1-23-6-3-7-24(20-23)21-34-32(37)29-22-36(31-28(29)8-4-9-30(31)38-2)17-5-16-35-18-14-27(15-19-35)39-26-12-10-25(33)11-13-26/h3-4,6-13,20,22,27H,5,14-19,21H2,1-2H3,(H,34,37). The number of benzene rings is 3. The second-order valence-electron chi connectivity index (χ2n) is 10.2. The van der Waals surface area contributed by atoms with Crippen molar-refractivity contribution in [2.75, 3.05) is 26.7 Å². The van der Waals surface area contributed by atoms with Gasteiger partial charge in [0.15, 0.2) is 0 Å². The molecular weight excluding hydrogens is 493 g/mol. The SMILES string of the molecule is COc1cccc2c(C(=O)NCc3cccc(C)c3)cn(CCCN3CCC(Oc4ccc(F)cc4)CC3)c12. The van der Waals surface area contributed by atoms with E-state index in [4.69, 9.17) is 9.47 Å². The van der Waals surface area contributed by atoms with E-state index in [9.17, 15) is 9.18 Å². The highest BCUT2D eigenvalue weighted by molar-refractivity contribution is 6.08. The number of carbonyl (C=O) groups is 1. The fourth-order valence-electron chi connectivity index (χ4n) is 5.37. The molecule has 0 saturated carbocycles. The number of para-hydroxylation sites is 1. The smallest absolute Gasteiger partial charge is 0.253 e. The van der Waals surface area contributed by atoms with E-state index in [2.05, 4.69) is 33.8 Å². The second-order valence-corrected chi connectivity index (χ2v) is 10.2. The van der Waals surface area contributed by atoms with Crippen LogP contribution in [0.5, 0.6) is 11.5 Å². The Balaban J connectivity index is 1.19. The number of nitrogens with one attached hydrogen (secondary N) is 1. The Morgan fingerprint density at radius 2 is 1.79 bits per heavy atom. The fraction of sp³-hybridized carbons (Fsp3) is 0.344. The number of aromatic nitrogens is 1. The van der Waals surface area contributed by atoms with E-state index >= 15 is 0 Å². The van der Waals surface area contributed by atoms with Crippen molar-refractivity contribution in [1.29, 1.82) is 0 Å². The highest BCUT2D eigenvalue weighted by Gasteiger charge is 2.21. The maximum absolute atomic E-state index is 13.2. The van der Waals surface area contributed by atoms with Crippen LogP contribution in [0.2, 0.25) is 0 Å². The molecule has 0 spiro atoms. The Kier molecular flexibility index (Phi) is 8.47. The molecule has 0 bridgehead atoms. The summed E-state index contributed by atoms with van der Waals surface area (Å²) in [6.45, 7) is 6.22. The Hall–Kier alpha value is -3.84. The third kappa shape index (κ3) is 6.60. The fourth-order valence-corrected chi connectivity index (χ4v) is 5.37. The molecule has 1 N–H and O–H groups in total. The minimum Gasteiger partial charge on any atom is -0.495 e. The summed E-state index contributed by atoms with van der Waals surface area (Å²) in [5, 5.41) is 3.98. The van der Waals surface area contributed by atoms with Crippen LogP contribution < -0.4 is 14.8 Å². The third-order valence-electron chi connectivity index (χ3n) is 7.39. The van der Waals surface area contributed by atoms with Crippen LogP contribution in [0.3, 0.4) is 0 Å². The van der Waals surface area contributed by atoms with Crippen LogP contribution in [0.4, 0.5) is 4.39 Å². The van der Waals surface area contributed by atoms with Gasteiger partial charge in [0.1, 0.15) is 23.4 Å². The number of likely N-dealkylation sites (tertiary alicyclic amines) is 1. The van der Waals surface area contributed by atoms with Crippen LogP contribution in [0.1, 0.15) is 40.7 Å². The molecule has 2 heterocycles. The largest absolute Gasteiger partial charge is 0.495 e. The minimum atomic E-state index is -0.250. The van der Waals surface area contributed by atoms with E-state index in [1.165, 1.54) is 17.7 Å². The van der Waals surface area contributed by atoms with Crippen molar-refractivity contribution < 1.29 is 18.7 Å². The zero-order valence-electron chi connectivity index (χ0n) is 22.7. The molecule has 1 aromatic heterocycles. The zero-order chi connectivity index (χ0) is 27.2. The molecule has 1 saturated heterocycles. The molecule has 0 atom stereocenters. The number of hydrogen-bond acceptors (Lipinski definition) is 4. The lowest BCUT2D eigenvalue weighted by molar-refractivity contribution is 0.0952. The molecule has 5 rings (SSSR count). The van der Waals surface area contributed by atoms with Crippen LogP contribution in [0, 0.1) is 12.7 Å². The van der Waals surface area contributed by atoms with Crippen molar-refractivity contribution in [3.8, 4) is 11.5 Å². The van der Waals surface area contributed by atoms with Crippen molar-refractivity contribution in [2.24, 2.45) is 0 Å². The summed E-state index contributed by atoms with van der Waals surface area (Å²) in [5.74, 6) is 1.16. The Bertz CT molecular complexity index is 1410. The number of aryl methyl sites for hydroxylation is 2. The Morgan fingerprint density at radius 1 is 1.03 bits per heavy atom. The van der Waals surface area contributed by atoms with Crippen molar-refractivity contribution in [3.05, 3.63) is 95.4 Å². The van der Waals surface area contributed by atoms with Crippen molar-refractivity contribution in [1.82, 2.24) is 14.8 Å². The molecule has 6 nitrogen and oxygen atoms in total. The molecule has 204 valence electrons. The number of rotatable bonds is 10. The average molecular weight is 530 g/mol. The predicted octanol–water partition coefficient (Wildman–Crippen LogP) is 5.96. The number of ether oxygens (including phenoxy) is 2. The molecule has 3 aromatic carbocycles. The van der Waals surface area contributed by atoms with Gasteiger partial charge in [-0.3, -0.25) is 4.79 Å². The molecule has 1 fully saturated rings. The first-order valence-corrected chi connectivity index (χ1v) is 13.6. The first-order valence-electron chi connectivity index (χ1n) is 13.6. The minimum absolute atomic E-state index is 0.0864. The number of amides is 1. The van der Waals surface area contributed by atoms with E-state index < -0.39 is 0 Å². The highest BCUT2D eigenvalue weighted by atomic mass is 19.1. The van der Waals surface area contributed by atoms with Gasteiger partial charge < -0.3 is 24.3 Å². The summed E-state index contributed by atoms with van der Waals surface area (Å²) in [6.07, 6.45) is 4.97. The Labute approximate surface area is 229 Å². The van der Waals surface area contributed by atoms with Gasteiger partial charge in [0.05, 0.1) is 18.2 Å². The number of nitrogens with zero attached hydrogens (tertiary/aromatic N) is 2. The Morgan fingerprint density at radius 3 is 2.54 bits per heavy atom. The summed E-state index contributed by atoms with van der Waals surface area (Å²) in [7, 11) is 1.67. The molecule has 0 radical (unpaired) electrons. The zero-order valence-corrected chi connectivity index (χ0v) is 22.7. The monoisotopic (exact) mass is 529 g/mol. The molecule has 1 amide bonds. The number of methoxy groups -OCH3 is 1. The highest BCUT2D eigenvalue weighted by Crippen LogP contribution is 2.30. The van der Waals surface area contributed by atoms with Gasteiger partial charge in [0.25, 0.3) is 5.91 Å². The number of hydrogen-bond donors (Lipinski definition) is 1. The van der Waals surface area contributed by atoms with Crippen molar-refractivity contribution >= 4 is 16.8 Å². The summed E-state index contributed by atoms with van der Waals surface area (Å²) in [4.78, 5) is 15.7. The topological polar surface area (TPSA) is 55.7 Å². The van der Waals surface area contributed by atoms with Crippen molar-refractivity contribution in [3.63, 3.8) is 0 Å². The van der Waals surface area contributed by atoms with Crippen molar-refractivity contribution in [2.45, 2.75) is 45.4 Å². The first-order chi connectivity index (χ1) is 19.0. The lowest BCUT2D eigenvalue weighted by Crippen LogP contribution is -2.38. The summed E-state index contributed by atoms with van der Waals surface area (Å²) < 4.78 is 27.0. The number of halogens is 1. The van der Waals surface area contributed by atoms with Crippen LogP contribution in [-0.2, 0) is 13.1 Å². The van der Waals surface area contributed by atoms with E-state index in [1.54, 1.807) is 19.2 Å². The normalized spacial score (nSPS) is 14.4. The number of fused-ring (bicyclic) bond motifs is 1. The summed E-state index contributed by atoms with van der Waals surface area (Å²) in [6, 6.07) is 20.3. The van der Waals surface area contributed by atoms with E-state index in [0.717, 1.165) is 73.4 Å². The van der Waals surface area contributed by atoms with Crippen LogP contribution >= 0.6 is 0 Å². The number of piperidine rings is 1. The second kappa shape index (κ2) is 12.3. The molecule has 7 heteroatoms. The molecular formula is C32H36FN3O3. The third-order valence-corrected chi connectivity index (χ3v) is 7.39. The number of carbonyl (C=O) groups excluding carboxylic acids is 1. The predicted molar refractivity (Wildman–Crippen MR) is 152 cm³/mol. The van der Waals surface area contributed by atoms with Gasteiger partial charge in [-0.15, -0.1) is 0 Å². The van der Waals surface area contributed by atoms with Gasteiger partial charge in [-0.25, -0.2) is 4.39 Å². The van der Waals surface area contributed by atoms with Gasteiger partial charge >= 0.3 is 0 Å². The maximum Gasteiger partial charge on any atom is 0.253 e. The molecule has 4 aromatic rings. The molecule has 1 aliphatic heterocycles. The van der Waals surface area contributed by atoms with E-state index in [0.29, 0.717) is 12.1 Å². The van der Waals surface area contributed by atoms with E-state index in [-0.39, 0.29) is 17.8 Å². The maximum atomic E-state index is 13.2. The quantitative estimate of drug-likeness (QED) is 0.275. The van der Waals surface area contributed by atoms with Gasteiger partial charge in [0.2, 0.25) is 0 Å². The lowest BCUT2D eigenvalue weighted by atomic mass is 10.1. The average Bonchev–Trinajstić information content (AvgIpc) is 3.33. The molecule has 39 heavy (non-hydrogen) atoms. The van der Waals surface area contributed by atoms with E-state index in [1.807, 2.05) is 36.5 Å². The van der Waals surface area contributed by atoms with Crippen LogP contribution in [0.25, 0.3) is 10.9 Å². The molecule has 0 aliphatic carbocycles. The summed E-state index contributed by atoms with van der Waals surface area (Å²) >= 11 is 0. The van der Waals surface area contributed by atoms with Crippen LogP contribution in [-0.4, -0.2) is 48.2 Å². The molecule has 1 aliphatic rings. The van der Waals surface area contributed by atoms with Crippen LogP contribution in [0.15, 0.2) is 72.9 Å². The lowest BCUT2D eigenvalue weighted by Gasteiger charge is -2.32. The first kappa shape index (κ1) is 26.8.